The van der Waals surface area contributed by atoms with E-state index in [-0.39, 0.29) is 23.8 Å². The molecule has 1 aliphatic carbocycles. The van der Waals surface area contributed by atoms with Crippen LogP contribution < -0.4 is 0 Å². The van der Waals surface area contributed by atoms with E-state index in [1.165, 1.54) is 14.2 Å². The van der Waals surface area contributed by atoms with E-state index in [9.17, 15) is 9.59 Å². The summed E-state index contributed by atoms with van der Waals surface area (Å²) in [5.41, 5.74) is 4.50. The van der Waals surface area contributed by atoms with Gasteiger partial charge < -0.3 is 9.47 Å². The van der Waals surface area contributed by atoms with Crippen molar-refractivity contribution >= 4 is 22.8 Å². The van der Waals surface area contributed by atoms with Gasteiger partial charge in [0.05, 0.1) is 37.3 Å². The van der Waals surface area contributed by atoms with Crippen LogP contribution in [0.2, 0.25) is 0 Å². The molecule has 0 fully saturated rings. The van der Waals surface area contributed by atoms with E-state index >= 15 is 0 Å². The molecule has 1 aromatic heterocycles. The fourth-order valence-electron chi connectivity index (χ4n) is 5.08. The summed E-state index contributed by atoms with van der Waals surface area (Å²) in [7, 11) is 2.82. The highest BCUT2D eigenvalue weighted by atomic mass is 16.5. The van der Waals surface area contributed by atoms with Crippen molar-refractivity contribution in [2.24, 2.45) is 11.8 Å². The van der Waals surface area contributed by atoms with Crippen molar-refractivity contribution in [3.05, 3.63) is 65.7 Å². The van der Waals surface area contributed by atoms with Crippen LogP contribution in [0, 0.1) is 11.8 Å². The number of para-hydroxylation sites is 1. The highest BCUT2D eigenvalue weighted by Gasteiger charge is 2.47. The van der Waals surface area contributed by atoms with Gasteiger partial charge in [-0.15, -0.1) is 0 Å². The lowest BCUT2D eigenvalue weighted by atomic mass is 9.67. The highest BCUT2D eigenvalue weighted by molar-refractivity contribution is 5.89. The molecule has 0 saturated heterocycles. The molecule has 0 amide bonds. The van der Waals surface area contributed by atoms with E-state index in [1.54, 1.807) is 0 Å². The molecular formula is C26H27NO4. The molecule has 31 heavy (non-hydrogen) atoms. The number of carbonyl (C=O) groups excluding carboxylic acids is 2. The Morgan fingerprint density at radius 3 is 2.10 bits per heavy atom. The summed E-state index contributed by atoms with van der Waals surface area (Å²) in [6, 6.07) is 18.4. The Balaban J connectivity index is 1.97. The largest absolute Gasteiger partial charge is 0.469 e. The van der Waals surface area contributed by atoms with Crippen LogP contribution in [0.15, 0.2) is 54.6 Å². The van der Waals surface area contributed by atoms with Crippen molar-refractivity contribution in [3.8, 4) is 11.3 Å². The summed E-state index contributed by atoms with van der Waals surface area (Å²) in [5.74, 6) is -1.21. The van der Waals surface area contributed by atoms with Gasteiger partial charge in [-0.1, -0.05) is 56.3 Å². The summed E-state index contributed by atoms with van der Waals surface area (Å²) in [5, 5.41) is 1.04. The van der Waals surface area contributed by atoms with Gasteiger partial charge in [-0.25, -0.2) is 4.98 Å². The Hall–Kier alpha value is -3.21. The minimum atomic E-state index is -0.551. The van der Waals surface area contributed by atoms with Crippen LogP contribution in [0.1, 0.15) is 37.8 Å². The number of nitrogens with zero attached hydrogens (tertiary/aromatic N) is 1. The molecule has 0 spiro atoms. The van der Waals surface area contributed by atoms with Gasteiger partial charge in [0.15, 0.2) is 0 Å². The Kier molecular flexibility index (Phi) is 5.52. The van der Waals surface area contributed by atoms with Crippen LogP contribution in [-0.2, 0) is 24.5 Å². The lowest BCUT2D eigenvalue weighted by molar-refractivity contribution is -0.146. The average molecular weight is 418 g/mol. The zero-order chi connectivity index (χ0) is 22.2. The number of fused-ring (bicyclic) bond motifs is 4. The second-order valence-electron chi connectivity index (χ2n) is 8.46. The molecule has 5 heteroatoms. The van der Waals surface area contributed by atoms with Gasteiger partial charge in [-0.05, 0) is 36.1 Å². The third kappa shape index (κ3) is 3.48. The van der Waals surface area contributed by atoms with Crippen molar-refractivity contribution in [3.63, 3.8) is 0 Å². The smallest absolute Gasteiger partial charge is 0.308 e. The van der Waals surface area contributed by atoms with Gasteiger partial charge in [0.2, 0.25) is 0 Å². The molecule has 2 aromatic carbocycles. The number of hydrogen-bond acceptors (Lipinski definition) is 5. The third-order valence-electron chi connectivity index (χ3n) is 6.45. The zero-order valence-electron chi connectivity index (χ0n) is 18.3. The maximum Gasteiger partial charge on any atom is 0.308 e. The number of rotatable bonds is 6. The van der Waals surface area contributed by atoms with E-state index < -0.39 is 5.41 Å². The molecular weight excluding hydrogens is 390 g/mol. The van der Waals surface area contributed by atoms with E-state index in [2.05, 4.69) is 18.2 Å². The topological polar surface area (TPSA) is 65.5 Å². The van der Waals surface area contributed by atoms with E-state index in [0.717, 1.165) is 33.3 Å². The lowest BCUT2D eigenvalue weighted by Gasteiger charge is -2.35. The first-order valence-corrected chi connectivity index (χ1v) is 10.6. The molecule has 0 aliphatic heterocycles. The Morgan fingerprint density at radius 1 is 0.871 bits per heavy atom. The van der Waals surface area contributed by atoms with Gasteiger partial charge in [-0.3, -0.25) is 9.59 Å². The van der Waals surface area contributed by atoms with Crippen molar-refractivity contribution in [2.75, 3.05) is 14.2 Å². The minimum Gasteiger partial charge on any atom is -0.469 e. The summed E-state index contributed by atoms with van der Waals surface area (Å²) in [6.45, 7) is 3.76. The molecule has 4 rings (SSSR count). The molecule has 5 nitrogen and oxygen atoms in total. The first-order valence-electron chi connectivity index (χ1n) is 10.6. The molecule has 2 unspecified atom stereocenters. The quantitative estimate of drug-likeness (QED) is 0.534. The average Bonchev–Trinajstić information content (AvgIpc) is 3.05. The molecule has 0 bridgehead atoms. The predicted octanol–water partition coefficient (Wildman–Crippen LogP) is 4.90. The summed E-state index contributed by atoms with van der Waals surface area (Å²) in [6.07, 6.45) is 1.04. The molecule has 160 valence electrons. The number of esters is 2. The van der Waals surface area contributed by atoms with Crippen LogP contribution in [0.25, 0.3) is 22.2 Å². The Labute approximate surface area is 182 Å². The van der Waals surface area contributed by atoms with Crippen molar-refractivity contribution in [1.82, 2.24) is 4.98 Å². The minimum absolute atomic E-state index is 0.259. The van der Waals surface area contributed by atoms with Crippen LogP contribution >= 0.6 is 0 Å². The first kappa shape index (κ1) is 21.0. The standard InChI is InChI=1S/C26H27NO4/c1-16(24(28)30-3)14-26(15-17(2)25(29)31-4)20-11-7-6-10-19(20)23-21(26)13-18-9-5-8-12-22(18)27-23/h5-13,16-17H,14-15H2,1-4H3. The third-order valence-corrected chi connectivity index (χ3v) is 6.45. The number of pyridine rings is 1. The van der Waals surface area contributed by atoms with Crippen LogP contribution in [0.3, 0.4) is 0 Å². The van der Waals surface area contributed by atoms with Gasteiger partial charge in [0.25, 0.3) is 0 Å². The van der Waals surface area contributed by atoms with Crippen molar-refractivity contribution < 1.29 is 19.1 Å². The second-order valence-corrected chi connectivity index (χ2v) is 8.46. The number of methoxy groups -OCH3 is 2. The number of ether oxygens (including phenoxy) is 2. The first-order chi connectivity index (χ1) is 14.9. The fourth-order valence-corrected chi connectivity index (χ4v) is 5.08. The second kappa shape index (κ2) is 8.14. The van der Waals surface area contributed by atoms with Gasteiger partial charge >= 0.3 is 11.9 Å². The van der Waals surface area contributed by atoms with Crippen LogP contribution in [-0.4, -0.2) is 31.1 Å². The molecule has 0 radical (unpaired) electrons. The van der Waals surface area contributed by atoms with E-state index in [0.29, 0.717) is 12.8 Å². The number of aromatic nitrogens is 1. The van der Waals surface area contributed by atoms with E-state index in [1.807, 2.05) is 50.2 Å². The van der Waals surface area contributed by atoms with Crippen molar-refractivity contribution in [1.29, 1.82) is 0 Å². The lowest BCUT2D eigenvalue weighted by Crippen LogP contribution is -2.34. The Bertz CT molecular complexity index is 1130. The highest BCUT2D eigenvalue weighted by Crippen LogP contribution is 2.55. The predicted molar refractivity (Wildman–Crippen MR) is 120 cm³/mol. The molecule has 3 aromatic rings. The molecule has 2 atom stereocenters. The van der Waals surface area contributed by atoms with Crippen LogP contribution in [0.5, 0.6) is 0 Å². The summed E-state index contributed by atoms with van der Waals surface area (Å²) >= 11 is 0. The number of carbonyl (C=O) groups is 2. The number of hydrogen-bond donors (Lipinski definition) is 0. The van der Waals surface area contributed by atoms with Crippen LogP contribution in [0.4, 0.5) is 0 Å². The Morgan fingerprint density at radius 2 is 1.45 bits per heavy atom. The zero-order valence-corrected chi connectivity index (χ0v) is 18.3. The molecule has 1 heterocycles. The summed E-state index contributed by atoms with van der Waals surface area (Å²) in [4.78, 5) is 29.9. The number of benzene rings is 2. The van der Waals surface area contributed by atoms with Gasteiger partial charge in [0.1, 0.15) is 0 Å². The molecule has 0 saturated carbocycles. The normalized spacial score (nSPS) is 18.7. The molecule has 0 N–H and O–H groups in total. The van der Waals surface area contributed by atoms with E-state index in [4.69, 9.17) is 14.5 Å². The monoisotopic (exact) mass is 417 g/mol. The van der Waals surface area contributed by atoms with Gasteiger partial charge in [0, 0.05) is 16.4 Å². The maximum absolute atomic E-state index is 12.4. The van der Waals surface area contributed by atoms with Gasteiger partial charge in [-0.2, -0.15) is 0 Å². The van der Waals surface area contributed by atoms with Crippen molar-refractivity contribution in [2.45, 2.75) is 32.1 Å². The maximum atomic E-state index is 12.4. The summed E-state index contributed by atoms with van der Waals surface area (Å²) < 4.78 is 10.1. The molecule has 1 aliphatic rings. The SMILES string of the molecule is COC(=O)C(C)CC1(CC(C)C(=O)OC)c2ccccc2-c2nc3ccccc3cc21. The fraction of sp³-hybridized carbons (Fsp3) is 0.346.